The second kappa shape index (κ2) is 6.69. The highest BCUT2D eigenvalue weighted by atomic mass is 16.5. The summed E-state index contributed by atoms with van der Waals surface area (Å²) in [6.07, 6.45) is 0. The maximum atomic E-state index is 11.4. The SMILES string of the molecule is C=C(CNc1cc(C)ccc1OC)C(=O)OCC. The predicted molar refractivity (Wildman–Crippen MR) is 72.0 cm³/mol. The zero-order valence-corrected chi connectivity index (χ0v) is 11.1. The fourth-order valence-electron chi connectivity index (χ4n) is 1.47. The molecule has 4 heteroatoms. The maximum Gasteiger partial charge on any atom is 0.335 e. The summed E-state index contributed by atoms with van der Waals surface area (Å²) >= 11 is 0. The van der Waals surface area contributed by atoms with Gasteiger partial charge in [-0.2, -0.15) is 0 Å². The van der Waals surface area contributed by atoms with Crippen molar-refractivity contribution >= 4 is 11.7 Å². The summed E-state index contributed by atoms with van der Waals surface area (Å²) in [5.41, 5.74) is 2.34. The van der Waals surface area contributed by atoms with Crippen molar-refractivity contribution in [1.29, 1.82) is 0 Å². The molecule has 1 aromatic rings. The summed E-state index contributed by atoms with van der Waals surface area (Å²) in [6, 6.07) is 5.80. The second-order valence-corrected chi connectivity index (χ2v) is 3.88. The first-order chi connectivity index (χ1) is 8.58. The van der Waals surface area contributed by atoms with E-state index < -0.39 is 0 Å². The normalized spacial score (nSPS) is 9.72. The number of carbonyl (C=O) groups excluding carboxylic acids is 1. The van der Waals surface area contributed by atoms with Gasteiger partial charge in [0.05, 0.1) is 19.4 Å². The van der Waals surface area contributed by atoms with Gasteiger partial charge in [0.2, 0.25) is 0 Å². The summed E-state index contributed by atoms with van der Waals surface area (Å²) in [5.74, 6) is 0.355. The number of anilines is 1. The molecule has 0 saturated heterocycles. The number of esters is 1. The number of carbonyl (C=O) groups is 1. The largest absolute Gasteiger partial charge is 0.495 e. The summed E-state index contributed by atoms with van der Waals surface area (Å²) in [5, 5.41) is 3.12. The molecular formula is C14H19NO3. The molecule has 1 aromatic carbocycles. The van der Waals surface area contributed by atoms with Crippen LogP contribution in [0, 0.1) is 6.92 Å². The Kier molecular flexibility index (Phi) is 5.24. The Morgan fingerprint density at radius 3 is 2.78 bits per heavy atom. The third kappa shape index (κ3) is 3.80. The van der Waals surface area contributed by atoms with E-state index in [9.17, 15) is 4.79 Å². The lowest BCUT2D eigenvalue weighted by Gasteiger charge is -2.12. The summed E-state index contributed by atoms with van der Waals surface area (Å²) in [4.78, 5) is 11.4. The van der Waals surface area contributed by atoms with E-state index in [0.717, 1.165) is 17.0 Å². The van der Waals surface area contributed by atoms with Gasteiger partial charge in [-0.15, -0.1) is 0 Å². The highest BCUT2D eigenvalue weighted by molar-refractivity contribution is 5.88. The molecule has 98 valence electrons. The van der Waals surface area contributed by atoms with Crippen LogP contribution in [0.4, 0.5) is 5.69 Å². The van der Waals surface area contributed by atoms with Gasteiger partial charge in [0.15, 0.2) is 0 Å². The van der Waals surface area contributed by atoms with Crippen LogP contribution >= 0.6 is 0 Å². The molecule has 18 heavy (non-hydrogen) atoms. The number of ether oxygens (including phenoxy) is 2. The summed E-state index contributed by atoms with van der Waals surface area (Å²) in [7, 11) is 1.61. The van der Waals surface area contributed by atoms with Gasteiger partial charge in [-0.25, -0.2) is 4.79 Å². The highest BCUT2D eigenvalue weighted by Crippen LogP contribution is 2.25. The van der Waals surface area contributed by atoms with Crippen LogP contribution in [0.2, 0.25) is 0 Å². The third-order valence-electron chi connectivity index (χ3n) is 2.41. The van der Waals surface area contributed by atoms with Crippen molar-refractivity contribution in [3.05, 3.63) is 35.9 Å². The lowest BCUT2D eigenvalue weighted by atomic mass is 10.2. The number of rotatable bonds is 6. The van der Waals surface area contributed by atoms with Gasteiger partial charge in [0.25, 0.3) is 0 Å². The van der Waals surface area contributed by atoms with Crippen molar-refractivity contribution < 1.29 is 14.3 Å². The van der Waals surface area contributed by atoms with Gasteiger partial charge in [-0.3, -0.25) is 0 Å². The minimum atomic E-state index is -0.378. The lowest BCUT2D eigenvalue weighted by molar-refractivity contribution is -0.138. The predicted octanol–water partition coefficient (Wildman–Crippen LogP) is 2.53. The van der Waals surface area contributed by atoms with E-state index in [1.54, 1.807) is 14.0 Å². The Labute approximate surface area is 108 Å². The molecule has 0 atom stereocenters. The van der Waals surface area contributed by atoms with Gasteiger partial charge < -0.3 is 14.8 Å². The Morgan fingerprint density at radius 2 is 2.17 bits per heavy atom. The minimum absolute atomic E-state index is 0.332. The van der Waals surface area contributed by atoms with E-state index in [1.165, 1.54) is 0 Å². The van der Waals surface area contributed by atoms with Crippen molar-refractivity contribution in [3.63, 3.8) is 0 Å². The molecule has 0 radical (unpaired) electrons. The van der Waals surface area contributed by atoms with E-state index in [1.807, 2.05) is 25.1 Å². The van der Waals surface area contributed by atoms with E-state index in [-0.39, 0.29) is 5.97 Å². The van der Waals surface area contributed by atoms with Crippen LogP contribution in [-0.4, -0.2) is 26.2 Å². The van der Waals surface area contributed by atoms with E-state index in [2.05, 4.69) is 11.9 Å². The maximum absolute atomic E-state index is 11.4. The molecule has 0 aliphatic carbocycles. The topological polar surface area (TPSA) is 47.6 Å². The summed E-state index contributed by atoms with van der Waals surface area (Å²) in [6.45, 7) is 8.13. The third-order valence-corrected chi connectivity index (χ3v) is 2.41. The van der Waals surface area contributed by atoms with Gasteiger partial charge in [0, 0.05) is 12.1 Å². The average molecular weight is 249 g/mol. The first-order valence-corrected chi connectivity index (χ1v) is 5.82. The molecular weight excluding hydrogens is 230 g/mol. The number of methoxy groups -OCH3 is 1. The standard InChI is InChI=1S/C14H19NO3/c1-5-18-14(16)11(3)9-15-12-8-10(2)6-7-13(12)17-4/h6-8,15H,3,5,9H2,1-2,4H3. The van der Waals surface area contributed by atoms with Crippen LogP contribution in [0.5, 0.6) is 5.75 Å². The average Bonchev–Trinajstić information content (AvgIpc) is 2.36. The molecule has 4 nitrogen and oxygen atoms in total. The molecule has 0 spiro atoms. The van der Waals surface area contributed by atoms with Crippen LogP contribution in [-0.2, 0) is 9.53 Å². The molecule has 0 aliphatic heterocycles. The fraction of sp³-hybridized carbons (Fsp3) is 0.357. The van der Waals surface area contributed by atoms with Gasteiger partial charge in [0.1, 0.15) is 5.75 Å². The number of nitrogens with one attached hydrogen (secondary N) is 1. The first-order valence-electron chi connectivity index (χ1n) is 5.82. The zero-order valence-electron chi connectivity index (χ0n) is 11.1. The van der Waals surface area contributed by atoms with E-state index in [4.69, 9.17) is 9.47 Å². The molecule has 0 aliphatic rings. The van der Waals surface area contributed by atoms with Crippen molar-refractivity contribution in [1.82, 2.24) is 0 Å². The molecule has 0 fully saturated rings. The first kappa shape index (κ1) is 14.1. The van der Waals surface area contributed by atoms with E-state index in [0.29, 0.717) is 18.7 Å². The quantitative estimate of drug-likeness (QED) is 0.621. The number of benzene rings is 1. The monoisotopic (exact) mass is 249 g/mol. The summed E-state index contributed by atoms with van der Waals surface area (Å²) < 4.78 is 10.1. The van der Waals surface area contributed by atoms with Crippen molar-refractivity contribution in [2.24, 2.45) is 0 Å². The number of hydrogen-bond acceptors (Lipinski definition) is 4. The smallest absolute Gasteiger partial charge is 0.335 e. The number of hydrogen-bond donors (Lipinski definition) is 1. The molecule has 0 heterocycles. The van der Waals surface area contributed by atoms with Crippen molar-refractivity contribution in [3.8, 4) is 5.75 Å². The highest BCUT2D eigenvalue weighted by Gasteiger charge is 2.09. The minimum Gasteiger partial charge on any atom is -0.495 e. The Morgan fingerprint density at radius 1 is 1.44 bits per heavy atom. The van der Waals surface area contributed by atoms with Crippen molar-refractivity contribution in [2.45, 2.75) is 13.8 Å². The van der Waals surface area contributed by atoms with Gasteiger partial charge in [-0.1, -0.05) is 12.6 Å². The van der Waals surface area contributed by atoms with Gasteiger partial charge >= 0.3 is 5.97 Å². The molecule has 0 aromatic heterocycles. The Balaban J connectivity index is 2.65. The van der Waals surface area contributed by atoms with Crippen LogP contribution in [0.1, 0.15) is 12.5 Å². The van der Waals surface area contributed by atoms with E-state index >= 15 is 0 Å². The Bertz CT molecular complexity index is 441. The van der Waals surface area contributed by atoms with Crippen LogP contribution in [0.25, 0.3) is 0 Å². The fourth-order valence-corrected chi connectivity index (χ4v) is 1.47. The number of aryl methyl sites for hydroxylation is 1. The zero-order chi connectivity index (χ0) is 13.5. The van der Waals surface area contributed by atoms with Crippen LogP contribution < -0.4 is 10.1 Å². The molecule has 0 saturated carbocycles. The second-order valence-electron chi connectivity index (χ2n) is 3.88. The van der Waals surface area contributed by atoms with Crippen molar-refractivity contribution in [2.75, 3.05) is 25.6 Å². The molecule has 1 rings (SSSR count). The van der Waals surface area contributed by atoms with Crippen LogP contribution in [0.15, 0.2) is 30.4 Å². The lowest BCUT2D eigenvalue weighted by Crippen LogP contribution is -2.15. The van der Waals surface area contributed by atoms with Crippen LogP contribution in [0.3, 0.4) is 0 Å². The van der Waals surface area contributed by atoms with Gasteiger partial charge in [-0.05, 0) is 31.5 Å². The molecule has 0 amide bonds. The molecule has 0 unspecified atom stereocenters. The molecule has 0 bridgehead atoms. The Hall–Kier alpha value is -1.97. The molecule has 1 N–H and O–H groups in total.